The van der Waals surface area contributed by atoms with Crippen LogP contribution in [-0.4, -0.2) is 66.1 Å². The second kappa shape index (κ2) is 7.07. The van der Waals surface area contributed by atoms with Gasteiger partial charge in [-0.25, -0.2) is 0 Å². The minimum Gasteiger partial charge on any atom is -0.368 e. The van der Waals surface area contributed by atoms with E-state index in [-0.39, 0.29) is 5.91 Å². The molecule has 2 heterocycles. The smallest absolute Gasteiger partial charge is 0.237 e. The van der Waals surface area contributed by atoms with E-state index in [0.717, 1.165) is 26.1 Å². The summed E-state index contributed by atoms with van der Waals surface area (Å²) < 4.78 is 0. The monoisotopic (exact) mass is 296 g/mol. The third-order valence-electron chi connectivity index (χ3n) is 5.33. The SMILES string of the molecule is CCNC(C)(CCN1CC2CCCCN2CC1C)C(N)=O. The average molecular weight is 296 g/mol. The molecular formula is C16H32N4O. The Kier molecular flexibility index (Phi) is 5.63. The molecule has 3 N–H and O–H groups in total. The largest absolute Gasteiger partial charge is 0.368 e. The molecule has 0 aromatic heterocycles. The Morgan fingerprint density at radius 2 is 2.14 bits per heavy atom. The summed E-state index contributed by atoms with van der Waals surface area (Å²) in [6, 6.07) is 1.28. The molecule has 0 spiro atoms. The number of piperidine rings is 1. The quantitative estimate of drug-likeness (QED) is 0.761. The zero-order valence-corrected chi connectivity index (χ0v) is 13.9. The van der Waals surface area contributed by atoms with Crippen LogP contribution in [0.15, 0.2) is 0 Å². The third-order valence-corrected chi connectivity index (χ3v) is 5.33. The first-order valence-electron chi connectivity index (χ1n) is 8.49. The van der Waals surface area contributed by atoms with Gasteiger partial charge in [0.1, 0.15) is 0 Å². The van der Waals surface area contributed by atoms with Crippen LogP contribution < -0.4 is 11.1 Å². The van der Waals surface area contributed by atoms with Crippen molar-refractivity contribution >= 4 is 5.91 Å². The molecule has 5 heteroatoms. The van der Waals surface area contributed by atoms with Gasteiger partial charge < -0.3 is 11.1 Å². The average Bonchev–Trinajstić information content (AvgIpc) is 2.45. The molecule has 5 nitrogen and oxygen atoms in total. The van der Waals surface area contributed by atoms with Crippen LogP contribution in [0.25, 0.3) is 0 Å². The van der Waals surface area contributed by atoms with Gasteiger partial charge in [-0.15, -0.1) is 0 Å². The molecule has 0 saturated carbocycles. The van der Waals surface area contributed by atoms with Crippen LogP contribution in [0.5, 0.6) is 0 Å². The summed E-state index contributed by atoms with van der Waals surface area (Å²) in [6.45, 7) is 11.5. The zero-order chi connectivity index (χ0) is 15.5. The fourth-order valence-corrected chi connectivity index (χ4v) is 3.78. The molecule has 2 rings (SSSR count). The highest BCUT2D eigenvalue weighted by molar-refractivity contribution is 5.84. The fourth-order valence-electron chi connectivity index (χ4n) is 3.78. The molecule has 122 valence electrons. The number of hydrogen-bond donors (Lipinski definition) is 2. The van der Waals surface area contributed by atoms with Crippen LogP contribution in [0, 0.1) is 0 Å². The summed E-state index contributed by atoms with van der Waals surface area (Å²) >= 11 is 0. The Bertz CT molecular complexity index is 362. The van der Waals surface area contributed by atoms with Gasteiger partial charge in [0.25, 0.3) is 0 Å². The number of amides is 1. The summed E-state index contributed by atoms with van der Waals surface area (Å²) in [5.74, 6) is -0.242. The standard InChI is InChI=1S/C16H32N4O/c1-4-18-16(3,15(17)21)8-10-19-12-14-7-5-6-9-20(14)11-13(19)2/h13-14,18H,4-12H2,1-3H3,(H2,17,21). The molecule has 1 amide bonds. The fraction of sp³-hybridized carbons (Fsp3) is 0.938. The van der Waals surface area contributed by atoms with E-state index < -0.39 is 5.54 Å². The maximum absolute atomic E-state index is 11.7. The number of rotatable bonds is 6. The van der Waals surface area contributed by atoms with Gasteiger partial charge in [0.15, 0.2) is 0 Å². The second-order valence-corrected chi connectivity index (χ2v) is 6.97. The van der Waals surface area contributed by atoms with Crippen LogP contribution in [-0.2, 0) is 4.79 Å². The van der Waals surface area contributed by atoms with Crippen LogP contribution in [0.4, 0.5) is 0 Å². The molecule has 3 unspecified atom stereocenters. The summed E-state index contributed by atoms with van der Waals surface area (Å²) in [7, 11) is 0. The number of carbonyl (C=O) groups excluding carboxylic acids is 1. The van der Waals surface area contributed by atoms with Crippen molar-refractivity contribution in [1.82, 2.24) is 15.1 Å². The lowest BCUT2D eigenvalue weighted by Crippen LogP contribution is -2.60. The molecule has 2 aliphatic heterocycles. The molecule has 2 saturated heterocycles. The molecule has 21 heavy (non-hydrogen) atoms. The van der Waals surface area contributed by atoms with Crippen molar-refractivity contribution in [2.75, 3.05) is 32.7 Å². The number of likely N-dealkylation sites (N-methyl/N-ethyl adjacent to an activating group) is 1. The van der Waals surface area contributed by atoms with E-state index in [4.69, 9.17) is 5.73 Å². The van der Waals surface area contributed by atoms with E-state index in [2.05, 4.69) is 22.0 Å². The van der Waals surface area contributed by atoms with Gasteiger partial charge in [-0.2, -0.15) is 0 Å². The summed E-state index contributed by atoms with van der Waals surface area (Å²) in [6.07, 6.45) is 4.82. The maximum Gasteiger partial charge on any atom is 0.237 e. The number of piperazine rings is 1. The van der Waals surface area contributed by atoms with Gasteiger partial charge >= 0.3 is 0 Å². The van der Waals surface area contributed by atoms with E-state index in [1.807, 2.05) is 13.8 Å². The van der Waals surface area contributed by atoms with Crippen molar-refractivity contribution in [3.05, 3.63) is 0 Å². The van der Waals surface area contributed by atoms with Crippen molar-refractivity contribution in [3.63, 3.8) is 0 Å². The zero-order valence-electron chi connectivity index (χ0n) is 13.9. The van der Waals surface area contributed by atoms with Crippen molar-refractivity contribution in [1.29, 1.82) is 0 Å². The maximum atomic E-state index is 11.7. The van der Waals surface area contributed by atoms with Gasteiger partial charge in [0, 0.05) is 31.7 Å². The molecule has 3 atom stereocenters. The van der Waals surface area contributed by atoms with Gasteiger partial charge in [-0.3, -0.25) is 14.6 Å². The summed E-state index contributed by atoms with van der Waals surface area (Å²) in [4.78, 5) is 16.9. The topological polar surface area (TPSA) is 61.6 Å². The molecule has 2 fully saturated rings. The van der Waals surface area contributed by atoms with Crippen LogP contribution in [0.2, 0.25) is 0 Å². The predicted molar refractivity (Wildman–Crippen MR) is 86.1 cm³/mol. The lowest BCUT2D eigenvalue weighted by molar-refractivity contribution is -0.124. The molecule has 0 aliphatic carbocycles. The Morgan fingerprint density at radius 1 is 1.38 bits per heavy atom. The number of nitrogens with one attached hydrogen (secondary N) is 1. The second-order valence-electron chi connectivity index (χ2n) is 6.97. The number of hydrogen-bond acceptors (Lipinski definition) is 4. The molecule has 0 bridgehead atoms. The lowest BCUT2D eigenvalue weighted by Gasteiger charge is -2.48. The normalized spacial score (nSPS) is 30.6. The first kappa shape index (κ1) is 16.7. The van der Waals surface area contributed by atoms with Gasteiger partial charge in [0.2, 0.25) is 5.91 Å². The van der Waals surface area contributed by atoms with Gasteiger partial charge in [-0.05, 0) is 46.2 Å². The lowest BCUT2D eigenvalue weighted by atomic mass is 9.93. The highest BCUT2D eigenvalue weighted by Crippen LogP contribution is 2.24. The molecule has 2 aliphatic rings. The number of nitrogens with zero attached hydrogens (tertiary/aromatic N) is 2. The van der Waals surface area contributed by atoms with Gasteiger partial charge in [0.05, 0.1) is 5.54 Å². The Balaban J connectivity index is 1.91. The molecular weight excluding hydrogens is 264 g/mol. The number of primary amides is 1. The minimum absolute atomic E-state index is 0.242. The Hall–Kier alpha value is -0.650. The van der Waals surface area contributed by atoms with E-state index in [0.29, 0.717) is 12.1 Å². The number of nitrogens with two attached hydrogens (primary N) is 1. The molecule has 0 aromatic rings. The van der Waals surface area contributed by atoms with Crippen LogP contribution in [0.1, 0.15) is 46.5 Å². The number of carbonyl (C=O) groups is 1. The summed E-state index contributed by atoms with van der Waals surface area (Å²) in [5.41, 5.74) is 5.00. The van der Waals surface area contributed by atoms with Crippen LogP contribution >= 0.6 is 0 Å². The first-order valence-corrected chi connectivity index (χ1v) is 8.49. The van der Waals surface area contributed by atoms with E-state index in [1.165, 1.54) is 32.4 Å². The number of fused-ring (bicyclic) bond motifs is 1. The highest BCUT2D eigenvalue weighted by atomic mass is 16.1. The summed E-state index contributed by atoms with van der Waals surface area (Å²) in [5, 5.41) is 3.26. The van der Waals surface area contributed by atoms with E-state index in [1.54, 1.807) is 0 Å². The van der Waals surface area contributed by atoms with Gasteiger partial charge in [-0.1, -0.05) is 13.3 Å². The van der Waals surface area contributed by atoms with Crippen molar-refractivity contribution in [2.45, 2.75) is 64.1 Å². The van der Waals surface area contributed by atoms with Crippen molar-refractivity contribution in [3.8, 4) is 0 Å². The highest BCUT2D eigenvalue weighted by Gasteiger charge is 2.35. The molecule has 0 radical (unpaired) electrons. The third kappa shape index (κ3) is 3.96. The molecule has 0 aromatic carbocycles. The Morgan fingerprint density at radius 3 is 2.81 bits per heavy atom. The van der Waals surface area contributed by atoms with E-state index in [9.17, 15) is 4.79 Å². The Labute approximate surface area is 129 Å². The predicted octanol–water partition coefficient (Wildman–Crippen LogP) is 0.789. The van der Waals surface area contributed by atoms with E-state index >= 15 is 0 Å². The first-order chi connectivity index (χ1) is 9.96. The minimum atomic E-state index is -0.585. The van der Waals surface area contributed by atoms with Crippen molar-refractivity contribution < 1.29 is 4.79 Å². The van der Waals surface area contributed by atoms with Crippen molar-refractivity contribution in [2.24, 2.45) is 5.73 Å². The van der Waals surface area contributed by atoms with Crippen LogP contribution in [0.3, 0.4) is 0 Å².